The van der Waals surface area contributed by atoms with Gasteiger partial charge < -0.3 is 15.2 Å². The number of amides is 1. The van der Waals surface area contributed by atoms with E-state index in [1.807, 2.05) is 0 Å². The summed E-state index contributed by atoms with van der Waals surface area (Å²) in [6.07, 6.45) is 15.2. The van der Waals surface area contributed by atoms with Gasteiger partial charge in [-0.1, -0.05) is 31.9 Å². The van der Waals surface area contributed by atoms with Crippen LogP contribution in [0.2, 0.25) is 0 Å². The number of allylic oxidation sites excluding steroid dienone is 1. The van der Waals surface area contributed by atoms with Crippen molar-refractivity contribution in [1.82, 2.24) is 5.32 Å². The molecule has 2 N–H and O–H groups in total. The van der Waals surface area contributed by atoms with Crippen molar-refractivity contribution in [2.45, 2.75) is 90.6 Å². The van der Waals surface area contributed by atoms with E-state index in [1.54, 1.807) is 5.57 Å². The van der Waals surface area contributed by atoms with Gasteiger partial charge in [0.2, 0.25) is 0 Å². The molecule has 4 heteroatoms. The van der Waals surface area contributed by atoms with E-state index in [1.165, 1.54) is 38.5 Å². The topological polar surface area (TPSA) is 58.6 Å². The van der Waals surface area contributed by atoms with Gasteiger partial charge in [-0.3, -0.25) is 0 Å². The first-order valence-corrected chi connectivity index (χ1v) is 11.7. The zero-order valence-corrected chi connectivity index (χ0v) is 17.8. The summed E-state index contributed by atoms with van der Waals surface area (Å²) in [4.78, 5) is 12.1. The van der Waals surface area contributed by atoms with E-state index in [4.69, 9.17) is 9.84 Å². The van der Waals surface area contributed by atoms with Crippen LogP contribution in [0.5, 0.6) is 0 Å². The van der Waals surface area contributed by atoms with E-state index >= 15 is 0 Å². The summed E-state index contributed by atoms with van der Waals surface area (Å²) >= 11 is 0. The second kappa shape index (κ2) is 8.01. The molecule has 3 saturated carbocycles. The van der Waals surface area contributed by atoms with Crippen LogP contribution in [0.4, 0.5) is 4.79 Å². The predicted octanol–water partition coefficient (Wildman–Crippen LogP) is 5.21. The fourth-order valence-electron chi connectivity index (χ4n) is 7.34. The highest BCUT2D eigenvalue weighted by atomic mass is 16.6. The summed E-state index contributed by atoms with van der Waals surface area (Å²) in [7, 11) is 0. The highest BCUT2D eigenvalue weighted by Gasteiger charge is 2.55. The number of hydrogen-bond acceptors (Lipinski definition) is 3. The second-order valence-corrected chi connectivity index (χ2v) is 10.5. The molecule has 0 saturated heterocycles. The average molecular weight is 390 g/mol. The van der Waals surface area contributed by atoms with Crippen LogP contribution >= 0.6 is 0 Å². The number of ether oxygens (including phenoxy) is 1. The first-order chi connectivity index (χ1) is 13.5. The molecule has 4 nitrogen and oxygen atoms in total. The Bertz CT molecular complexity index is 617. The first kappa shape index (κ1) is 20.3. The summed E-state index contributed by atoms with van der Waals surface area (Å²) < 4.78 is 5.73. The number of hydrogen-bond donors (Lipinski definition) is 2. The number of fused-ring (bicyclic) bond motifs is 5. The van der Waals surface area contributed by atoms with E-state index < -0.39 is 0 Å². The molecule has 6 atom stereocenters. The molecule has 1 amide bonds. The molecule has 4 aliphatic rings. The van der Waals surface area contributed by atoms with Crippen molar-refractivity contribution in [3.63, 3.8) is 0 Å². The smallest absolute Gasteiger partial charge is 0.407 e. The third-order valence-electron chi connectivity index (χ3n) is 8.97. The number of nitrogens with one attached hydrogen (secondary N) is 1. The maximum absolute atomic E-state index is 12.1. The molecule has 4 aliphatic carbocycles. The van der Waals surface area contributed by atoms with Crippen molar-refractivity contribution < 1.29 is 14.6 Å². The standard InChI is InChI=1S/C24H39NO3/c1-23-11-5-6-20(23)19-8-7-17-16-18(28-22(27)25-14-3-4-15-26)9-13-24(17,2)21(19)10-12-23/h7,18-21,26H,3-6,8-16H2,1-2H3,(H,25,27)/t18-,19?,20?,21?,23-,24-/m1/s1. The minimum absolute atomic E-state index is 0.0223. The molecule has 0 aliphatic heterocycles. The highest BCUT2D eigenvalue weighted by Crippen LogP contribution is 2.64. The molecule has 0 aromatic rings. The van der Waals surface area contributed by atoms with Crippen molar-refractivity contribution in [3.8, 4) is 0 Å². The SMILES string of the molecule is C[C@]12CCCC1C1CC=C3C[C@H](OC(=O)NCCCCO)CC[C@@]3(C)C1CC2. The largest absolute Gasteiger partial charge is 0.446 e. The maximum atomic E-state index is 12.1. The summed E-state index contributed by atoms with van der Waals surface area (Å²) in [5.74, 6) is 2.64. The van der Waals surface area contributed by atoms with E-state index in [-0.39, 0.29) is 18.8 Å². The van der Waals surface area contributed by atoms with E-state index in [9.17, 15) is 4.79 Å². The molecular weight excluding hydrogens is 350 g/mol. The van der Waals surface area contributed by atoms with Gasteiger partial charge in [0.25, 0.3) is 0 Å². The van der Waals surface area contributed by atoms with Crippen LogP contribution in [-0.4, -0.2) is 30.5 Å². The number of unbranched alkanes of at least 4 members (excludes halogenated alkanes) is 1. The van der Waals surface area contributed by atoms with Crippen molar-refractivity contribution in [3.05, 3.63) is 11.6 Å². The fraction of sp³-hybridized carbons (Fsp3) is 0.875. The summed E-state index contributed by atoms with van der Waals surface area (Å²) in [6.45, 7) is 5.83. The van der Waals surface area contributed by atoms with E-state index in [2.05, 4.69) is 25.2 Å². The summed E-state index contributed by atoms with van der Waals surface area (Å²) in [5.41, 5.74) is 2.50. The zero-order chi connectivity index (χ0) is 19.8. The normalized spacial score (nSPS) is 42.0. The number of alkyl carbamates (subject to hydrolysis) is 1. The lowest BCUT2D eigenvalue weighted by atomic mass is 9.48. The van der Waals surface area contributed by atoms with Crippen LogP contribution in [0.3, 0.4) is 0 Å². The highest BCUT2D eigenvalue weighted by molar-refractivity contribution is 5.67. The molecule has 158 valence electrons. The van der Waals surface area contributed by atoms with Crippen molar-refractivity contribution in [2.24, 2.45) is 28.6 Å². The summed E-state index contributed by atoms with van der Waals surface area (Å²) in [5, 5.41) is 11.7. The summed E-state index contributed by atoms with van der Waals surface area (Å²) in [6, 6.07) is 0. The van der Waals surface area contributed by atoms with E-state index in [0.29, 0.717) is 17.4 Å². The van der Waals surface area contributed by atoms with Crippen LogP contribution < -0.4 is 5.32 Å². The van der Waals surface area contributed by atoms with Crippen LogP contribution in [0.1, 0.15) is 84.5 Å². The number of rotatable bonds is 5. The Balaban J connectivity index is 1.37. The average Bonchev–Trinajstić information content (AvgIpc) is 3.07. The molecule has 0 aromatic carbocycles. The molecule has 0 spiro atoms. The van der Waals surface area contributed by atoms with Gasteiger partial charge in [0.15, 0.2) is 0 Å². The molecule has 0 bridgehead atoms. The van der Waals surface area contributed by atoms with Crippen molar-refractivity contribution in [2.75, 3.05) is 13.2 Å². The molecule has 0 aromatic heterocycles. The van der Waals surface area contributed by atoms with Crippen molar-refractivity contribution in [1.29, 1.82) is 0 Å². The molecule has 4 rings (SSSR count). The fourth-order valence-corrected chi connectivity index (χ4v) is 7.34. The molecule has 3 fully saturated rings. The minimum atomic E-state index is -0.291. The Labute approximate surface area is 170 Å². The lowest BCUT2D eigenvalue weighted by molar-refractivity contribution is -0.0377. The molecule has 0 radical (unpaired) electrons. The Morgan fingerprint density at radius 1 is 1.18 bits per heavy atom. The Hall–Kier alpha value is -1.03. The third-order valence-corrected chi connectivity index (χ3v) is 8.97. The lowest BCUT2D eigenvalue weighted by Gasteiger charge is -2.57. The zero-order valence-electron chi connectivity index (χ0n) is 17.8. The Kier molecular flexibility index (Phi) is 5.79. The monoisotopic (exact) mass is 389 g/mol. The second-order valence-electron chi connectivity index (χ2n) is 10.5. The molecular formula is C24H39NO3. The van der Waals surface area contributed by atoms with Gasteiger partial charge in [-0.05, 0) is 86.4 Å². The van der Waals surface area contributed by atoms with E-state index in [0.717, 1.165) is 49.9 Å². The van der Waals surface area contributed by atoms with Crippen LogP contribution in [0.15, 0.2) is 11.6 Å². The number of aliphatic hydroxyl groups excluding tert-OH is 1. The number of carbonyl (C=O) groups is 1. The number of carbonyl (C=O) groups excluding carboxylic acids is 1. The maximum Gasteiger partial charge on any atom is 0.407 e. The predicted molar refractivity (Wildman–Crippen MR) is 111 cm³/mol. The van der Waals surface area contributed by atoms with Gasteiger partial charge in [-0.2, -0.15) is 0 Å². The quantitative estimate of drug-likeness (QED) is 0.501. The van der Waals surface area contributed by atoms with Gasteiger partial charge >= 0.3 is 6.09 Å². The van der Waals surface area contributed by atoms with Crippen LogP contribution in [0.25, 0.3) is 0 Å². The Morgan fingerprint density at radius 3 is 2.86 bits per heavy atom. The van der Waals surface area contributed by atoms with Crippen LogP contribution in [0, 0.1) is 28.6 Å². The van der Waals surface area contributed by atoms with Gasteiger partial charge in [-0.25, -0.2) is 4.79 Å². The van der Waals surface area contributed by atoms with Gasteiger partial charge in [0.1, 0.15) is 6.10 Å². The van der Waals surface area contributed by atoms with Gasteiger partial charge in [0, 0.05) is 19.6 Å². The molecule has 3 unspecified atom stereocenters. The third kappa shape index (κ3) is 3.62. The Morgan fingerprint density at radius 2 is 2.04 bits per heavy atom. The molecule has 0 heterocycles. The van der Waals surface area contributed by atoms with Gasteiger partial charge in [-0.15, -0.1) is 0 Å². The van der Waals surface area contributed by atoms with Gasteiger partial charge in [0.05, 0.1) is 0 Å². The van der Waals surface area contributed by atoms with Crippen LogP contribution in [-0.2, 0) is 4.74 Å². The first-order valence-electron chi connectivity index (χ1n) is 11.7. The minimum Gasteiger partial charge on any atom is -0.446 e. The van der Waals surface area contributed by atoms with Crippen molar-refractivity contribution >= 4 is 6.09 Å². The molecule has 28 heavy (non-hydrogen) atoms. The lowest BCUT2D eigenvalue weighted by Crippen LogP contribution is -2.49. The number of aliphatic hydroxyl groups is 1.